The van der Waals surface area contributed by atoms with E-state index in [2.05, 4.69) is 10.6 Å². The maximum absolute atomic E-state index is 14.2. The SMILES string of the molecule is Cc1cccc(C(=O)Nc2cc3c(cc2F)CCC(=O)N3)c1[N+](=O)[O-]. The van der Waals surface area contributed by atoms with Crippen LogP contribution in [-0.2, 0) is 11.2 Å². The molecule has 0 unspecified atom stereocenters. The number of fused-ring (bicyclic) bond motifs is 1. The minimum absolute atomic E-state index is 0.151. The molecule has 0 spiro atoms. The van der Waals surface area contributed by atoms with Gasteiger partial charge in [0, 0.05) is 17.7 Å². The highest BCUT2D eigenvalue weighted by Gasteiger charge is 2.24. The lowest BCUT2D eigenvalue weighted by molar-refractivity contribution is -0.385. The van der Waals surface area contributed by atoms with Crippen LogP contribution in [0.25, 0.3) is 0 Å². The van der Waals surface area contributed by atoms with Crippen LogP contribution in [0.1, 0.15) is 27.9 Å². The summed E-state index contributed by atoms with van der Waals surface area (Å²) in [4.78, 5) is 34.4. The Bertz CT molecular complexity index is 911. The first-order chi connectivity index (χ1) is 11.9. The Kier molecular flexibility index (Phi) is 4.18. The molecule has 2 amide bonds. The van der Waals surface area contributed by atoms with Crippen LogP contribution in [-0.4, -0.2) is 16.7 Å². The van der Waals surface area contributed by atoms with Crippen LogP contribution in [0.2, 0.25) is 0 Å². The average Bonchev–Trinajstić information content (AvgIpc) is 2.55. The fraction of sp³-hybridized carbons (Fsp3) is 0.176. The molecule has 7 nitrogen and oxygen atoms in total. The number of amides is 2. The lowest BCUT2D eigenvalue weighted by Gasteiger charge is -2.18. The van der Waals surface area contributed by atoms with E-state index in [1.807, 2.05) is 0 Å². The Balaban J connectivity index is 1.95. The van der Waals surface area contributed by atoms with Crippen molar-refractivity contribution in [1.29, 1.82) is 0 Å². The number of carbonyl (C=O) groups excluding carboxylic acids is 2. The molecule has 25 heavy (non-hydrogen) atoms. The molecule has 2 N–H and O–H groups in total. The van der Waals surface area contributed by atoms with Gasteiger partial charge in [-0.05, 0) is 37.1 Å². The summed E-state index contributed by atoms with van der Waals surface area (Å²) in [6.45, 7) is 1.52. The van der Waals surface area contributed by atoms with Gasteiger partial charge in [-0.25, -0.2) is 4.39 Å². The molecule has 0 aliphatic carbocycles. The number of nitrogens with zero attached hydrogens (tertiary/aromatic N) is 1. The van der Waals surface area contributed by atoms with E-state index < -0.39 is 16.6 Å². The fourth-order valence-corrected chi connectivity index (χ4v) is 2.77. The number of anilines is 2. The number of para-hydroxylation sites is 1. The van der Waals surface area contributed by atoms with Gasteiger partial charge in [-0.2, -0.15) is 0 Å². The Morgan fingerprint density at radius 3 is 2.80 bits per heavy atom. The molecule has 2 aromatic rings. The highest BCUT2D eigenvalue weighted by molar-refractivity contribution is 6.08. The molecule has 0 aromatic heterocycles. The molecule has 8 heteroatoms. The van der Waals surface area contributed by atoms with Crippen LogP contribution in [0.4, 0.5) is 21.5 Å². The number of nitrogens with one attached hydrogen (secondary N) is 2. The maximum atomic E-state index is 14.2. The monoisotopic (exact) mass is 343 g/mol. The molecular weight excluding hydrogens is 329 g/mol. The van der Waals surface area contributed by atoms with Gasteiger partial charge in [0.05, 0.1) is 10.6 Å². The summed E-state index contributed by atoms with van der Waals surface area (Å²) in [5.74, 6) is -1.65. The Labute approximate surface area is 142 Å². The third-order valence-electron chi connectivity index (χ3n) is 4.00. The molecular formula is C17H14FN3O4. The molecule has 1 heterocycles. The van der Waals surface area contributed by atoms with Crippen LogP contribution < -0.4 is 10.6 Å². The predicted molar refractivity (Wildman–Crippen MR) is 89.1 cm³/mol. The topological polar surface area (TPSA) is 101 Å². The van der Waals surface area contributed by atoms with Gasteiger partial charge >= 0.3 is 0 Å². The molecule has 2 aromatic carbocycles. The molecule has 0 radical (unpaired) electrons. The zero-order valence-electron chi connectivity index (χ0n) is 13.3. The van der Waals surface area contributed by atoms with Crippen LogP contribution in [0, 0.1) is 22.9 Å². The number of rotatable bonds is 3. The second-order valence-electron chi connectivity index (χ2n) is 5.72. The van der Waals surface area contributed by atoms with Gasteiger partial charge in [-0.15, -0.1) is 0 Å². The third kappa shape index (κ3) is 3.18. The van der Waals surface area contributed by atoms with Crippen molar-refractivity contribution in [1.82, 2.24) is 0 Å². The predicted octanol–water partition coefficient (Wildman–Crippen LogP) is 3.18. The first kappa shape index (κ1) is 16.6. The molecule has 1 aliphatic rings. The van der Waals surface area contributed by atoms with Gasteiger partial charge < -0.3 is 10.6 Å². The van der Waals surface area contributed by atoms with Crippen LogP contribution in [0.15, 0.2) is 30.3 Å². The summed E-state index contributed by atoms with van der Waals surface area (Å²) < 4.78 is 14.2. The van der Waals surface area contributed by atoms with E-state index in [0.717, 1.165) is 0 Å². The smallest absolute Gasteiger partial charge is 0.285 e. The Morgan fingerprint density at radius 1 is 1.32 bits per heavy atom. The number of nitro groups is 1. The number of aryl methyl sites for hydroxylation is 2. The number of hydrogen-bond acceptors (Lipinski definition) is 4. The van der Waals surface area contributed by atoms with E-state index in [1.165, 1.54) is 37.3 Å². The van der Waals surface area contributed by atoms with Crippen LogP contribution >= 0.6 is 0 Å². The molecule has 3 rings (SSSR count). The number of hydrogen-bond donors (Lipinski definition) is 2. The summed E-state index contributed by atoms with van der Waals surface area (Å²) in [5, 5.41) is 16.2. The minimum Gasteiger partial charge on any atom is -0.326 e. The van der Waals surface area contributed by atoms with E-state index in [4.69, 9.17) is 0 Å². The lowest BCUT2D eigenvalue weighted by Crippen LogP contribution is -2.20. The number of halogens is 1. The lowest BCUT2D eigenvalue weighted by atomic mass is 10.0. The summed E-state index contributed by atoms with van der Waals surface area (Å²) in [6, 6.07) is 6.90. The molecule has 0 bridgehead atoms. The first-order valence-electron chi connectivity index (χ1n) is 7.54. The third-order valence-corrected chi connectivity index (χ3v) is 4.00. The van der Waals surface area contributed by atoms with Gasteiger partial charge in [0.2, 0.25) is 5.91 Å². The van der Waals surface area contributed by atoms with Gasteiger partial charge in [-0.3, -0.25) is 19.7 Å². The Morgan fingerprint density at radius 2 is 2.08 bits per heavy atom. The van der Waals surface area contributed by atoms with Gasteiger partial charge in [-0.1, -0.05) is 12.1 Å². The molecule has 0 saturated heterocycles. The maximum Gasteiger partial charge on any atom is 0.285 e. The van der Waals surface area contributed by atoms with E-state index in [9.17, 15) is 24.1 Å². The van der Waals surface area contributed by atoms with Crippen LogP contribution in [0.5, 0.6) is 0 Å². The standard InChI is InChI=1S/C17H14FN3O4/c1-9-3-2-4-11(16(9)21(24)25)17(23)20-14-8-13-10(7-12(14)18)5-6-15(22)19-13/h2-4,7-8H,5-6H2,1H3,(H,19,22)(H,20,23). The zero-order valence-corrected chi connectivity index (χ0v) is 13.3. The van der Waals surface area contributed by atoms with Gasteiger partial charge in [0.25, 0.3) is 11.6 Å². The zero-order chi connectivity index (χ0) is 18.1. The first-order valence-corrected chi connectivity index (χ1v) is 7.54. The highest BCUT2D eigenvalue weighted by Crippen LogP contribution is 2.30. The largest absolute Gasteiger partial charge is 0.326 e. The van der Waals surface area contributed by atoms with Crippen molar-refractivity contribution in [2.24, 2.45) is 0 Å². The van der Waals surface area contributed by atoms with Crippen molar-refractivity contribution in [2.45, 2.75) is 19.8 Å². The summed E-state index contributed by atoms with van der Waals surface area (Å²) in [5.41, 5.74) is 0.749. The second kappa shape index (κ2) is 6.31. The van der Waals surface area contributed by atoms with Crippen molar-refractivity contribution in [2.75, 3.05) is 10.6 Å². The van der Waals surface area contributed by atoms with E-state index >= 15 is 0 Å². The van der Waals surface area contributed by atoms with Gasteiger partial charge in [0.1, 0.15) is 11.4 Å². The number of nitro benzene ring substituents is 1. The van der Waals surface area contributed by atoms with Crippen molar-refractivity contribution >= 4 is 28.9 Å². The van der Waals surface area contributed by atoms with Crippen molar-refractivity contribution in [3.05, 3.63) is 63.0 Å². The normalized spacial score (nSPS) is 13.0. The summed E-state index contributed by atoms with van der Waals surface area (Å²) in [6.07, 6.45) is 0.684. The van der Waals surface area contributed by atoms with E-state index in [1.54, 1.807) is 0 Å². The highest BCUT2D eigenvalue weighted by atomic mass is 19.1. The minimum atomic E-state index is -0.795. The molecule has 0 fully saturated rings. The van der Waals surface area contributed by atoms with Crippen molar-refractivity contribution in [3.8, 4) is 0 Å². The second-order valence-corrected chi connectivity index (χ2v) is 5.72. The number of carbonyl (C=O) groups is 2. The summed E-state index contributed by atoms with van der Waals surface area (Å²) in [7, 11) is 0. The Hall–Kier alpha value is -3.29. The van der Waals surface area contributed by atoms with Crippen molar-refractivity contribution < 1.29 is 18.9 Å². The molecule has 128 valence electrons. The van der Waals surface area contributed by atoms with E-state index in [-0.39, 0.29) is 29.3 Å². The summed E-state index contributed by atoms with van der Waals surface area (Å²) >= 11 is 0. The van der Waals surface area contributed by atoms with E-state index in [0.29, 0.717) is 23.2 Å². The van der Waals surface area contributed by atoms with Crippen molar-refractivity contribution in [3.63, 3.8) is 0 Å². The average molecular weight is 343 g/mol. The molecule has 0 atom stereocenters. The fourth-order valence-electron chi connectivity index (χ4n) is 2.77. The van der Waals surface area contributed by atoms with Gasteiger partial charge in [0.15, 0.2) is 0 Å². The molecule has 0 saturated carbocycles. The van der Waals surface area contributed by atoms with Crippen LogP contribution in [0.3, 0.4) is 0 Å². The number of benzene rings is 2. The quantitative estimate of drug-likeness (QED) is 0.660. The molecule has 1 aliphatic heterocycles.